The largest absolute Gasteiger partial charge is 0.416 e. The summed E-state index contributed by atoms with van der Waals surface area (Å²) in [5.74, 6) is -3.32. The van der Waals surface area contributed by atoms with E-state index in [4.69, 9.17) is 28.9 Å². The Morgan fingerprint density at radius 2 is 1.54 bits per heavy atom. The Hall–Kier alpha value is -1.77. The number of hydrogen-bond donors (Lipinski definition) is 1. The van der Waals surface area contributed by atoms with E-state index in [1.807, 2.05) is 0 Å². The maximum Gasteiger partial charge on any atom is 0.416 e. The minimum absolute atomic E-state index is 0.113. The first-order valence-corrected chi connectivity index (χ1v) is 8.39. The van der Waals surface area contributed by atoms with Gasteiger partial charge in [0.15, 0.2) is 5.82 Å². The van der Waals surface area contributed by atoms with E-state index in [1.165, 1.54) is 6.07 Å². The van der Waals surface area contributed by atoms with Crippen LogP contribution in [0.3, 0.4) is 0 Å². The molecule has 0 saturated carbocycles. The molecule has 0 radical (unpaired) electrons. The molecule has 1 atom stereocenters. The maximum absolute atomic E-state index is 13.5. The molecule has 0 spiro atoms. The topological polar surface area (TPSA) is 26.0 Å². The summed E-state index contributed by atoms with van der Waals surface area (Å²) in [6, 6.07) is 4.55. The van der Waals surface area contributed by atoms with Crippen LogP contribution < -0.4 is 5.73 Å². The number of benzene rings is 2. The lowest BCUT2D eigenvalue weighted by atomic mass is 9.96. The smallest absolute Gasteiger partial charge is 0.326 e. The van der Waals surface area contributed by atoms with Crippen LogP contribution in [-0.2, 0) is 12.7 Å². The molecule has 0 aliphatic rings. The second kappa shape index (κ2) is 8.31. The van der Waals surface area contributed by atoms with E-state index in [9.17, 15) is 30.7 Å². The third-order valence-corrected chi connectivity index (χ3v) is 4.41. The molecule has 0 aliphatic heterocycles. The zero-order valence-corrected chi connectivity index (χ0v) is 15.3. The Bertz CT molecular complexity index is 865. The average Bonchev–Trinajstić information content (AvgIpc) is 2.57. The van der Waals surface area contributed by atoms with Crippen molar-refractivity contribution in [2.24, 2.45) is 5.73 Å². The van der Waals surface area contributed by atoms with E-state index in [0.29, 0.717) is 12.1 Å². The molecule has 0 fully saturated rings. The third-order valence-electron chi connectivity index (χ3n) is 3.86. The fourth-order valence-corrected chi connectivity index (χ4v) is 3.01. The highest BCUT2D eigenvalue weighted by atomic mass is 35.5. The predicted molar refractivity (Wildman–Crippen MR) is 93.6 cm³/mol. The van der Waals surface area contributed by atoms with Crippen LogP contribution in [0.25, 0.3) is 6.08 Å². The first-order valence-electron chi connectivity index (χ1n) is 7.64. The minimum Gasteiger partial charge on any atom is -0.326 e. The summed E-state index contributed by atoms with van der Waals surface area (Å²) in [5, 5.41) is -1.20. The van der Waals surface area contributed by atoms with Crippen molar-refractivity contribution >= 4 is 29.3 Å². The van der Waals surface area contributed by atoms with Crippen LogP contribution in [-0.4, -0.2) is 6.18 Å². The van der Waals surface area contributed by atoms with Gasteiger partial charge in [-0.3, -0.25) is 0 Å². The summed E-state index contributed by atoms with van der Waals surface area (Å²) in [5.41, 5.74) is 3.49. The van der Waals surface area contributed by atoms with E-state index in [-0.39, 0.29) is 17.7 Å². The number of rotatable bonds is 4. The highest BCUT2D eigenvalue weighted by Gasteiger charge is 2.39. The summed E-state index contributed by atoms with van der Waals surface area (Å²) in [7, 11) is 0. The van der Waals surface area contributed by atoms with Gasteiger partial charge in [0.05, 0.1) is 21.5 Å². The molecule has 10 heteroatoms. The molecule has 1 unspecified atom stereocenters. The Kier molecular flexibility index (Phi) is 6.68. The van der Waals surface area contributed by atoms with Crippen molar-refractivity contribution in [3.8, 4) is 0 Å². The number of nitrogens with two attached hydrogens (primary N) is 1. The van der Waals surface area contributed by atoms with E-state index in [2.05, 4.69) is 0 Å². The van der Waals surface area contributed by atoms with Crippen LogP contribution in [0.5, 0.6) is 0 Å². The van der Waals surface area contributed by atoms with Crippen LogP contribution in [0.2, 0.25) is 10.0 Å². The molecule has 2 N–H and O–H groups in total. The van der Waals surface area contributed by atoms with Gasteiger partial charge in [0.1, 0.15) is 0 Å². The van der Waals surface area contributed by atoms with Crippen molar-refractivity contribution in [3.63, 3.8) is 0 Å². The molecule has 2 rings (SSSR count). The van der Waals surface area contributed by atoms with Crippen LogP contribution in [0.1, 0.15) is 28.2 Å². The van der Waals surface area contributed by atoms with Gasteiger partial charge in [-0.15, -0.1) is 0 Å². The molecule has 0 aromatic heterocycles. The van der Waals surface area contributed by atoms with E-state index < -0.39 is 45.3 Å². The molecular weight excluding hydrogens is 434 g/mol. The fourth-order valence-electron chi connectivity index (χ4n) is 2.51. The van der Waals surface area contributed by atoms with Crippen molar-refractivity contribution in [3.05, 3.63) is 74.5 Å². The highest BCUT2D eigenvalue weighted by molar-refractivity contribution is 6.35. The lowest BCUT2D eigenvalue weighted by molar-refractivity contribution is -0.140. The van der Waals surface area contributed by atoms with Gasteiger partial charge < -0.3 is 5.73 Å². The number of hydrogen-bond acceptors (Lipinski definition) is 1. The minimum atomic E-state index is -4.81. The molecule has 2 aromatic carbocycles. The van der Waals surface area contributed by atoms with Gasteiger partial charge in [-0.25, -0.2) is 4.39 Å². The van der Waals surface area contributed by atoms with Crippen LogP contribution >= 0.6 is 23.2 Å². The summed E-state index contributed by atoms with van der Waals surface area (Å²) >= 11 is 11.1. The third kappa shape index (κ3) is 5.18. The van der Waals surface area contributed by atoms with Crippen LogP contribution in [0.4, 0.5) is 30.7 Å². The van der Waals surface area contributed by atoms with Crippen molar-refractivity contribution in [2.75, 3.05) is 0 Å². The van der Waals surface area contributed by atoms with Crippen molar-refractivity contribution < 1.29 is 30.7 Å². The number of halogens is 9. The Labute approximate surface area is 165 Å². The van der Waals surface area contributed by atoms with Crippen molar-refractivity contribution in [2.45, 2.75) is 24.8 Å². The van der Waals surface area contributed by atoms with E-state index in [0.717, 1.165) is 24.3 Å². The van der Waals surface area contributed by atoms with Crippen LogP contribution in [0.15, 0.2) is 36.4 Å². The summed E-state index contributed by atoms with van der Waals surface area (Å²) in [6.07, 6.45) is -7.98. The van der Waals surface area contributed by atoms with Gasteiger partial charge in [-0.1, -0.05) is 47.5 Å². The first-order chi connectivity index (χ1) is 12.8. The monoisotopic (exact) mass is 445 g/mol. The van der Waals surface area contributed by atoms with Gasteiger partial charge >= 0.3 is 12.4 Å². The lowest BCUT2D eigenvalue weighted by Crippen LogP contribution is -2.19. The van der Waals surface area contributed by atoms with Gasteiger partial charge in [0.2, 0.25) is 0 Å². The second-order valence-electron chi connectivity index (χ2n) is 5.80. The molecular formula is C18H12Cl2F7N. The quantitative estimate of drug-likeness (QED) is 0.399. The summed E-state index contributed by atoms with van der Waals surface area (Å²) < 4.78 is 93.0. The molecule has 0 aliphatic carbocycles. The van der Waals surface area contributed by atoms with Crippen molar-refractivity contribution in [1.29, 1.82) is 0 Å². The molecule has 0 bridgehead atoms. The molecule has 152 valence electrons. The van der Waals surface area contributed by atoms with E-state index >= 15 is 0 Å². The average molecular weight is 446 g/mol. The van der Waals surface area contributed by atoms with E-state index in [1.54, 1.807) is 0 Å². The van der Waals surface area contributed by atoms with Crippen LogP contribution in [0, 0.1) is 5.82 Å². The Morgan fingerprint density at radius 1 is 0.964 bits per heavy atom. The van der Waals surface area contributed by atoms with Gasteiger partial charge in [-0.2, -0.15) is 26.3 Å². The zero-order valence-electron chi connectivity index (χ0n) is 13.8. The lowest BCUT2D eigenvalue weighted by Gasteiger charge is -2.18. The standard InChI is InChI=1S/C18H12Cl2F7N/c19-14-6-11(7-15(20)16(14)21)12(17(22,23)24)4-2-9-1-3-10(8-28)13(5-9)18(25,26)27/h1-7,12H,8,28H2. The number of alkyl halides is 6. The maximum atomic E-state index is 13.5. The van der Waals surface area contributed by atoms with Gasteiger partial charge in [0.25, 0.3) is 0 Å². The van der Waals surface area contributed by atoms with Crippen molar-refractivity contribution in [1.82, 2.24) is 0 Å². The zero-order chi connectivity index (χ0) is 21.3. The number of allylic oxidation sites excluding steroid dienone is 1. The Morgan fingerprint density at radius 3 is 2.00 bits per heavy atom. The molecule has 0 heterocycles. The summed E-state index contributed by atoms with van der Waals surface area (Å²) in [4.78, 5) is 0. The highest BCUT2D eigenvalue weighted by Crippen LogP contribution is 2.40. The molecule has 2 aromatic rings. The Balaban J connectivity index is 2.48. The summed E-state index contributed by atoms with van der Waals surface area (Å²) in [6.45, 7) is -0.378. The predicted octanol–water partition coefficient (Wildman–Crippen LogP) is 6.97. The second-order valence-corrected chi connectivity index (χ2v) is 6.61. The molecule has 0 saturated heterocycles. The molecule has 1 nitrogen and oxygen atoms in total. The first kappa shape index (κ1) is 22.5. The SMILES string of the molecule is NCc1ccc(C=CC(c2cc(Cl)c(F)c(Cl)c2)C(F)(F)F)cc1C(F)(F)F. The molecule has 0 amide bonds. The molecule has 28 heavy (non-hydrogen) atoms. The van der Waals surface area contributed by atoms with Gasteiger partial charge in [0, 0.05) is 6.54 Å². The van der Waals surface area contributed by atoms with Gasteiger partial charge in [-0.05, 0) is 34.9 Å². The normalized spacial score (nSPS) is 13.9. The fraction of sp³-hybridized carbons (Fsp3) is 0.222.